The van der Waals surface area contributed by atoms with Crippen LogP contribution >= 0.6 is 0 Å². The summed E-state index contributed by atoms with van der Waals surface area (Å²) in [6.45, 7) is 0. The molecule has 1 atom stereocenters. The molecule has 21 heavy (non-hydrogen) atoms. The minimum atomic E-state index is -0.704. The van der Waals surface area contributed by atoms with Crippen molar-refractivity contribution in [3.63, 3.8) is 0 Å². The van der Waals surface area contributed by atoms with Crippen LogP contribution < -0.4 is 5.73 Å². The van der Waals surface area contributed by atoms with Crippen LogP contribution in [0.3, 0.4) is 0 Å². The molecule has 2 N–H and O–H groups in total. The molecule has 0 aliphatic rings. The van der Waals surface area contributed by atoms with Gasteiger partial charge in [0.05, 0.1) is 23.1 Å². The molecule has 8 heteroatoms. The Morgan fingerprint density at radius 3 is 2.90 bits per heavy atom. The van der Waals surface area contributed by atoms with Gasteiger partial charge in [-0.1, -0.05) is 0 Å². The van der Waals surface area contributed by atoms with E-state index in [2.05, 4.69) is 9.72 Å². The number of ether oxygens (including phenoxy) is 1. The first-order valence-electron chi connectivity index (χ1n) is 6.37. The number of aryl methyl sites for hydroxylation is 2. The number of fused-ring (bicyclic) bond motifs is 1. The van der Waals surface area contributed by atoms with Gasteiger partial charge in [0, 0.05) is 25.6 Å². The third kappa shape index (κ3) is 3.00. The molecule has 1 aromatic heterocycles. The number of carbonyl (C=O) groups excluding carboxylic acids is 1. The average Bonchev–Trinajstić information content (AvgIpc) is 2.79. The number of imidazole rings is 1. The first-order chi connectivity index (χ1) is 9.93. The monoisotopic (exact) mass is 292 g/mol. The molecule has 0 bridgehead atoms. The molecule has 0 unspecified atom stereocenters. The Balaban J connectivity index is 2.23. The molecule has 1 heterocycles. The van der Waals surface area contributed by atoms with Gasteiger partial charge in [-0.25, -0.2) is 4.98 Å². The molecule has 0 aliphatic heterocycles. The van der Waals surface area contributed by atoms with Crippen LogP contribution in [0.1, 0.15) is 12.2 Å². The van der Waals surface area contributed by atoms with Gasteiger partial charge < -0.3 is 15.0 Å². The molecule has 0 radical (unpaired) electrons. The quantitative estimate of drug-likeness (QED) is 0.498. The van der Waals surface area contributed by atoms with Crippen LogP contribution in [0.4, 0.5) is 5.69 Å². The SMILES string of the molecule is COC(=O)[C@@H](N)CCc1nc2cc([N+](=O)[O-])ccc2n1C. The molecule has 0 amide bonds. The Morgan fingerprint density at radius 1 is 1.57 bits per heavy atom. The van der Waals surface area contributed by atoms with E-state index >= 15 is 0 Å². The summed E-state index contributed by atoms with van der Waals surface area (Å²) < 4.78 is 6.40. The number of nitrogens with two attached hydrogens (primary N) is 1. The highest BCUT2D eigenvalue weighted by atomic mass is 16.6. The number of methoxy groups -OCH3 is 1. The highest BCUT2D eigenvalue weighted by Crippen LogP contribution is 2.21. The second-order valence-electron chi connectivity index (χ2n) is 4.69. The van der Waals surface area contributed by atoms with E-state index in [0.717, 1.165) is 5.52 Å². The van der Waals surface area contributed by atoms with E-state index in [9.17, 15) is 14.9 Å². The Bertz CT molecular complexity index is 695. The Kier molecular flexibility index (Phi) is 4.18. The van der Waals surface area contributed by atoms with Gasteiger partial charge in [-0.05, 0) is 12.5 Å². The maximum Gasteiger partial charge on any atom is 0.322 e. The lowest BCUT2D eigenvalue weighted by molar-refractivity contribution is -0.384. The number of nitro groups is 1. The molecule has 0 fully saturated rings. The zero-order valence-electron chi connectivity index (χ0n) is 11.8. The molecule has 2 rings (SSSR count). The largest absolute Gasteiger partial charge is 0.468 e. The van der Waals surface area contributed by atoms with E-state index < -0.39 is 16.9 Å². The van der Waals surface area contributed by atoms with E-state index in [1.165, 1.54) is 19.2 Å². The predicted octanol–water partition coefficient (Wildman–Crippen LogP) is 0.914. The van der Waals surface area contributed by atoms with Crippen LogP contribution in [-0.4, -0.2) is 33.6 Å². The first kappa shape index (κ1) is 14.9. The van der Waals surface area contributed by atoms with Gasteiger partial charge in [-0.15, -0.1) is 0 Å². The molecule has 1 aromatic carbocycles. The number of esters is 1. The van der Waals surface area contributed by atoms with Crippen molar-refractivity contribution in [1.29, 1.82) is 0 Å². The first-order valence-corrected chi connectivity index (χ1v) is 6.37. The molecular formula is C13H16N4O4. The smallest absolute Gasteiger partial charge is 0.322 e. The van der Waals surface area contributed by atoms with Crippen LogP contribution in [0.15, 0.2) is 18.2 Å². The summed E-state index contributed by atoms with van der Waals surface area (Å²) >= 11 is 0. The minimum Gasteiger partial charge on any atom is -0.468 e. The highest BCUT2D eigenvalue weighted by molar-refractivity contribution is 5.78. The van der Waals surface area contributed by atoms with Crippen molar-refractivity contribution in [3.8, 4) is 0 Å². The number of non-ortho nitro benzene ring substituents is 1. The lowest BCUT2D eigenvalue weighted by Crippen LogP contribution is -2.32. The highest BCUT2D eigenvalue weighted by Gasteiger charge is 2.17. The maximum absolute atomic E-state index is 11.3. The van der Waals surface area contributed by atoms with Crippen molar-refractivity contribution < 1.29 is 14.5 Å². The number of nitrogens with zero attached hydrogens (tertiary/aromatic N) is 3. The van der Waals surface area contributed by atoms with Crippen molar-refractivity contribution in [2.45, 2.75) is 18.9 Å². The number of rotatable bonds is 5. The van der Waals surface area contributed by atoms with Gasteiger partial charge in [0.15, 0.2) is 0 Å². The molecule has 0 aliphatic carbocycles. The summed E-state index contributed by atoms with van der Waals surface area (Å²) in [4.78, 5) is 25.9. The van der Waals surface area contributed by atoms with Gasteiger partial charge in [0.1, 0.15) is 11.9 Å². The Hall–Kier alpha value is -2.48. The fraction of sp³-hybridized carbons (Fsp3) is 0.385. The Morgan fingerprint density at radius 2 is 2.29 bits per heavy atom. The molecule has 2 aromatic rings. The lowest BCUT2D eigenvalue weighted by atomic mass is 10.1. The average molecular weight is 292 g/mol. The Labute approximate surface area is 120 Å². The lowest BCUT2D eigenvalue weighted by Gasteiger charge is -2.08. The van der Waals surface area contributed by atoms with Crippen LogP contribution in [0.2, 0.25) is 0 Å². The van der Waals surface area contributed by atoms with Gasteiger partial charge in [0.2, 0.25) is 0 Å². The maximum atomic E-state index is 11.3. The van der Waals surface area contributed by atoms with Gasteiger partial charge >= 0.3 is 5.97 Å². The summed E-state index contributed by atoms with van der Waals surface area (Å²) in [5, 5.41) is 10.8. The molecular weight excluding hydrogens is 276 g/mol. The standard InChI is InChI=1S/C13H16N4O4/c1-16-11-5-3-8(17(19)20)7-10(11)15-12(16)6-4-9(14)13(18)21-2/h3,5,7,9H,4,6,14H2,1-2H3/t9-/m0/s1. The second-order valence-corrected chi connectivity index (χ2v) is 4.69. The molecule has 0 saturated heterocycles. The summed E-state index contributed by atoms with van der Waals surface area (Å²) in [6.07, 6.45) is 0.876. The molecule has 0 spiro atoms. The minimum absolute atomic E-state index is 0.00147. The third-order valence-corrected chi connectivity index (χ3v) is 3.35. The normalized spacial score (nSPS) is 12.3. The van der Waals surface area contributed by atoms with E-state index in [4.69, 9.17) is 5.73 Å². The number of benzene rings is 1. The molecule has 112 valence electrons. The summed E-state index contributed by atoms with van der Waals surface area (Å²) in [7, 11) is 3.11. The van der Waals surface area contributed by atoms with Crippen LogP contribution in [0, 0.1) is 10.1 Å². The third-order valence-electron chi connectivity index (χ3n) is 3.35. The number of aromatic nitrogens is 2. The summed E-state index contributed by atoms with van der Waals surface area (Å²) in [5.41, 5.74) is 7.02. The number of hydrogen-bond donors (Lipinski definition) is 1. The van der Waals surface area contributed by atoms with Crippen molar-refractivity contribution in [1.82, 2.24) is 9.55 Å². The van der Waals surface area contributed by atoms with Crippen LogP contribution in [0.5, 0.6) is 0 Å². The fourth-order valence-electron chi connectivity index (χ4n) is 2.13. The fourth-order valence-corrected chi connectivity index (χ4v) is 2.13. The van der Waals surface area contributed by atoms with Crippen molar-refractivity contribution in [3.05, 3.63) is 34.1 Å². The number of carbonyl (C=O) groups is 1. The predicted molar refractivity (Wildman–Crippen MR) is 75.7 cm³/mol. The second kappa shape index (κ2) is 5.88. The van der Waals surface area contributed by atoms with Crippen molar-refractivity contribution >= 4 is 22.7 Å². The topological polar surface area (TPSA) is 113 Å². The summed E-state index contributed by atoms with van der Waals surface area (Å²) in [5.74, 6) is 0.245. The van der Waals surface area contributed by atoms with Crippen molar-refractivity contribution in [2.75, 3.05) is 7.11 Å². The molecule has 0 saturated carbocycles. The van der Waals surface area contributed by atoms with E-state index in [-0.39, 0.29) is 5.69 Å². The van der Waals surface area contributed by atoms with E-state index in [0.29, 0.717) is 24.2 Å². The van der Waals surface area contributed by atoms with Gasteiger partial charge in [-0.2, -0.15) is 0 Å². The van der Waals surface area contributed by atoms with Gasteiger partial charge in [0.25, 0.3) is 5.69 Å². The van der Waals surface area contributed by atoms with E-state index in [1.54, 1.807) is 6.07 Å². The van der Waals surface area contributed by atoms with Crippen LogP contribution in [-0.2, 0) is 23.0 Å². The van der Waals surface area contributed by atoms with Gasteiger partial charge in [-0.3, -0.25) is 14.9 Å². The molecule has 8 nitrogen and oxygen atoms in total. The zero-order chi connectivity index (χ0) is 15.6. The summed E-state index contributed by atoms with van der Waals surface area (Å²) in [6, 6.07) is 3.82. The number of hydrogen-bond acceptors (Lipinski definition) is 6. The van der Waals surface area contributed by atoms with E-state index in [1.807, 2.05) is 11.6 Å². The zero-order valence-corrected chi connectivity index (χ0v) is 11.8. The number of nitro benzene ring substituents is 1. The van der Waals surface area contributed by atoms with Crippen LogP contribution in [0.25, 0.3) is 11.0 Å². The van der Waals surface area contributed by atoms with Crippen molar-refractivity contribution in [2.24, 2.45) is 12.8 Å².